The third-order valence-electron chi connectivity index (χ3n) is 3.18. The maximum Gasteiger partial charge on any atom is 0.127 e. The highest BCUT2D eigenvalue weighted by atomic mass is 19.1. The van der Waals surface area contributed by atoms with Crippen LogP contribution in [-0.4, -0.2) is 7.11 Å². The van der Waals surface area contributed by atoms with Crippen molar-refractivity contribution >= 4 is 0 Å². The van der Waals surface area contributed by atoms with Crippen LogP contribution < -0.4 is 10.5 Å². The molecule has 1 unspecified atom stereocenters. The van der Waals surface area contributed by atoms with Crippen LogP contribution in [0.15, 0.2) is 42.5 Å². The van der Waals surface area contributed by atoms with Gasteiger partial charge in [0.15, 0.2) is 0 Å². The number of benzene rings is 2. The lowest BCUT2D eigenvalue weighted by Gasteiger charge is -2.15. The first-order valence-corrected chi connectivity index (χ1v) is 6.25. The first kappa shape index (κ1) is 13.6. The number of ether oxygens (including phenoxy) is 1. The normalized spacial score (nSPS) is 12.2. The third-order valence-corrected chi connectivity index (χ3v) is 3.18. The van der Waals surface area contributed by atoms with Gasteiger partial charge < -0.3 is 10.5 Å². The monoisotopic (exact) mass is 259 g/mol. The second-order valence-electron chi connectivity index (χ2n) is 4.65. The van der Waals surface area contributed by atoms with Gasteiger partial charge in [0.25, 0.3) is 0 Å². The van der Waals surface area contributed by atoms with Crippen LogP contribution in [-0.2, 0) is 6.42 Å². The smallest absolute Gasteiger partial charge is 0.127 e. The van der Waals surface area contributed by atoms with Gasteiger partial charge in [-0.2, -0.15) is 0 Å². The molecule has 0 aliphatic heterocycles. The summed E-state index contributed by atoms with van der Waals surface area (Å²) in [5.41, 5.74) is 8.77. The van der Waals surface area contributed by atoms with E-state index in [9.17, 15) is 4.39 Å². The second-order valence-corrected chi connectivity index (χ2v) is 4.65. The Labute approximate surface area is 113 Å². The Hall–Kier alpha value is -1.87. The lowest BCUT2D eigenvalue weighted by molar-refractivity contribution is 0.407. The summed E-state index contributed by atoms with van der Waals surface area (Å²) in [6, 6.07) is 12.2. The Morgan fingerprint density at radius 3 is 2.63 bits per heavy atom. The molecular weight excluding hydrogens is 241 g/mol. The summed E-state index contributed by atoms with van der Waals surface area (Å²) < 4.78 is 19.0. The maximum atomic E-state index is 13.7. The van der Waals surface area contributed by atoms with Crippen molar-refractivity contribution in [2.24, 2.45) is 5.73 Å². The number of methoxy groups -OCH3 is 1. The molecule has 0 aliphatic rings. The molecule has 2 aromatic carbocycles. The van der Waals surface area contributed by atoms with E-state index in [1.54, 1.807) is 25.3 Å². The number of nitrogens with two attached hydrogens (primary N) is 1. The molecule has 0 fully saturated rings. The lowest BCUT2D eigenvalue weighted by Crippen LogP contribution is -2.15. The zero-order valence-corrected chi connectivity index (χ0v) is 11.2. The van der Waals surface area contributed by atoms with Gasteiger partial charge in [-0.25, -0.2) is 4.39 Å². The molecule has 2 N–H and O–H groups in total. The minimum atomic E-state index is -0.378. The molecule has 0 saturated heterocycles. The zero-order chi connectivity index (χ0) is 13.8. The number of hydrogen-bond acceptors (Lipinski definition) is 2. The van der Waals surface area contributed by atoms with Crippen molar-refractivity contribution in [3.05, 3.63) is 65.0 Å². The van der Waals surface area contributed by atoms with Gasteiger partial charge in [0.05, 0.1) is 7.11 Å². The molecule has 0 aromatic heterocycles. The fraction of sp³-hybridized carbons (Fsp3) is 0.250. The van der Waals surface area contributed by atoms with Gasteiger partial charge in [0, 0.05) is 11.6 Å². The quantitative estimate of drug-likeness (QED) is 0.913. The predicted molar refractivity (Wildman–Crippen MR) is 74.8 cm³/mol. The molecule has 0 aliphatic carbocycles. The Morgan fingerprint density at radius 2 is 1.95 bits per heavy atom. The minimum Gasteiger partial charge on any atom is -0.496 e. The van der Waals surface area contributed by atoms with Gasteiger partial charge in [-0.3, -0.25) is 0 Å². The molecule has 2 aromatic rings. The van der Waals surface area contributed by atoms with E-state index in [0.717, 1.165) is 16.9 Å². The fourth-order valence-electron chi connectivity index (χ4n) is 2.19. The molecule has 19 heavy (non-hydrogen) atoms. The van der Waals surface area contributed by atoms with E-state index in [-0.39, 0.29) is 11.9 Å². The van der Waals surface area contributed by atoms with Crippen molar-refractivity contribution in [2.45, 2.75) is 19.4 Å². The summed E-state index contributed by atoms with van der Waals surface area (Å²) in [5.74, 6) is 0.527. The molecule has 0 amide bonds. The predicted octanol–water partition coefficient (Wildman–Crippen LogP) is 3.39. The van der Waals surface area contributed by atoms with E-state index in [0.29, 0.717) is 12.0 Å². The van der Waals surface area contributed by atoms with Crippen LogP contribution in [0.1, 0.15) is 22.7 Å². The van der Waals surface area contributed by atoms with Gasteiger partial charge in [-0.15, -0.1) is 0 Å². The average Bonchev–Trinajstić information content (AvgIpc) is 2.39. The van der Waals surface area contributed by atoms with E-state index in [1.165, 1.54) is 6.07 Å². The standard InChI is InChI=1S/C16H18FNO/c1-11-7-8-16(19-2)12(9-11)10-15(18)13-5-3-4-6-14(13)17/h3-9,15H,10,18H2,1-2H3. The molecule has 100 valence electrons. The van der Waals surface area contributed by atoms with Crippen LogP contribution >= 0.6 is 0 Å². The number of aryl methyl sites for hydroxylation is 1. The molecule has 1 atom stereocenters. The topological polar surface area (TPSA) is 35.2 Å². The van der Waals surface area contributed by atoms with Crippen LogP contribution in [0.3, 0.4) is 0 Å². The highest BCUT2D eigenvalue weighted by Gasteiger charge is 2.14. The van der Waals surface area contributed by atoms with E-state index < -0.39 is 0 Å². The van der Waals surface area contributed by atoms with E-state index >= 15 is 0 Å². The van der Waals surface area contributed by atoms with Crippen molar-refractivity contribution in [1.82, 2.24) is 0 Å². The Balaban J connectivity index is 2.26. The first-order valence-electron chi connectivity index (χ1n) is 6.25. The maximum absolute atomic E-state index is 13.7. The third kappa shape index (κ3) is 3.12. The van der Waals surface area contributed by atoms with Gasteiger partial charge in [0.2, 0.25) is 0 Å². The van der Waals surface area contributed by atoms with E-state index in [2.05, 4.69) is 0 Å². The highest BCUT2D eigenvalue weighted by Crippen LogP contribution is 2.25. The van der Waals surface area contributed by atoms with Crippen molar-refractivity contribution in [1.29, 1.82) is 0 Å². The summed E-state index contributed by atoms with van der Waals surface area (Å²) in [6.07, 6.45) is 0.547. The molecule has 2 rings (SSSR count). The molecule has 0 bridgehead atoms. The Morgan fingerprint density at radius 1 is 1.21 bits per heavy atom. The first-order chi connectivity index (χ1) is 9.11. The van der Waals surface area contributed by atoms with Crippen molar-refractivity contribution in [2.75, 3.05) is 7.11 Å². The van der Waals surface area contributed by atoms with E-state index in [1.807, 2.05) is 25.1 Å². The van der Waals surface area contributed by atoms with Crippen molar-refractivity contribution in [3.63, 3.8) is 0 Å². The van der Waals surface area contributed by atoms with Gasteiger partial charge in [0.1, 0.15) is 11.6 Å². The van der Waals surface area contributed by atoms with Crippen LogP contribution in [0.5, 0.6) is 5.75 Å². The summed E-state index contributed by atoms with van der Waals surface area (Å²) >= 11 is 0. The zero-order valence-electron chi connectivity index (χ0n) is 11.2. The highest BCUT2D eigenvalue weighted by molar-refractivity contribution is 5.38. The SMILES string of the molecule is COc1ccc(C)cc1CC(N)c1ccccc1F. The van der Waals surface area contributed by atoms with Crippen LogP contribution in [0.4, 0.5) is 4.39 Å². The molecule has 0 saturated carbocycles. The van der Waals surface area contributed by atoms with Gasteiger partial charge in [-0.05, 0) is 31.0 Å². The fourth-order valence-corrected chi connectivity index (χ4v) is 2.19. The van der Waals surface area contributed by atoms with Crippen LogP contribution in [0, 0.1) is 12.7 Å². The number of halogens is 1. The van der Waals surface area contributed by atoms with Crippen molar-refractivity contribution < 1.29 is 9.13 Å². The number of hydrogen-bond donors (Lipinski definition) is 1. The van der Waals surface area contributed by atoms with E-state index in [4.69, 9.17) is 10.5 Å². The molecule has 0 heterocycles. The largest absolute Gasteiger partial charge is 0.496 e. The Kier molecular flexibility index (Phi) is 4.17. The Bertz CT molecular complexity index is 568. The molecule has 3 heteroatoms. The van der Waals surface area contributed by atoms with Crippen molar-refractivity contribution in [3.8, 4) is 5.75 Å². The second kappa shape index (κ2) is 5.85. The van der Waals surface area contributed by atoms with Gasteiger partial charge >= 0.3 is 0 Å². The summed E-state index contributed by atoms with van der Waals surface area (Å²) in [5, 5.41) is 0. The molecule has 2 nitrogen and oxygen atoms in total. The lowest BCUT2D eigenvalue weighted by atomic mass is 9.97. The van der Waals surface area contributed by atoms with Crippen LogP contribution in [0.2, 0.25) is 0 Å². The summed E-state index contributed by atoms with van der Waals surface area (Å²) in [7, 11) is 1.63. The average molecular weight is 259 g/mol. The summed E-state index contributed by atoms with van der Waals surface area (Å²) in [6.45, 7) is 2.01. The number of rotatable bonds is 4. The van der Waals surface area contributed by atoms with Crippen LogP contribution in [0.25, 0.3) is 0 Å². The molecular formula is C16H18FNO. The summed E-state index contributed by atoms with van der Waals surface area (Å²) in [4.78, 5) is 0. The molecule has 0 radical (unpaired) electrons. The molecule has 0 spiro atoms. The van der Waals surface area contributed by atoms with Gasteiger partial charge in [-0.1, -0.05) is 35.9 Å². The minimum absolute atomic E-state index is 0.262.